The Bertz CT molecular complexity index is 246. The summed E-state index contributed by atoms with van der Waals surface area (Å²) < 4.78 is 0. The third kappa shape index (κ3) is 2.46. The van der Waals surface area contributed by atoms with Crippen LogP contribution in [0.1, 0.15) is 20.3 Å². The summed E-state index contributed by atoms with van der Waals surface area (Å²) in [6.07, 6.45) is 0.0127. The van der Waals surface area contributed by atoms with Crippen LogP contribution in [0.15, 0.2) is 0 Å². The van der Waals surface area contributed by atoms with E-state index >= 15 is 0 Å². The Morgan fingerprint density at radius 3 is 2.79 bits per heavy atom. The van der Waals surface area contributed by atoms with Crippen LogP contribution in [-0.4, -0.2) is 47.9 Å². The molecule has 0 saturated carbocycles. The SMILES string of the molecule is CCN1CCN(C(=O)CC#N)CC1C. The summed E-state index contributed by atoms with van der Waals surface area (Å²) in [7, 11) is 0. The molecule has 1 aliphatic heterocycles. The highest BCUT2D eigenvalue weighted by Gasteiger charge is 2.24. The van der Waals surface area contributed by atoms with Crippen LogP contribution < -0.4 is 0 Å². The van der Waals surface area contributed by atoms with E-state index in [1.165, 1.54) is 0 Å². The van der Waals surface area contributed by atoms with Gasteiger partial charge in [-0.1, -0.05) is 6.92 Å². The maximum atomic E-state index is 11.4. The zero-order valence-corrected chi connectivity index (χ0v) is 8.86. The van der Waals surface area contributed by atoms with Gasteiger partial charge in [0.05, 0.1) is 6.07 Å². The van der Waals surface area contributed by atoms with Crippen molar-refractivity contribution in [2.45, 2.75) is 26.3 Å². The third-order valence-electron chi connectivity index (χ3n) is 2.75. The van der Waals surface area contributed by atoms with Gasteiger partial charge >= 0.3 is 0 Å². The van der Waals surface area contributed by atoms with Crippen LogP contribution in [0, 0.1) is 11.3 Å². The molecule has 1 saturated heterocycles. The first kappa shape index (κ1) is 11.0. The molecule has 1 unspecified atom stereocenters. The maximum absolute atomic E-state index is 11.4. The number of hydrogen-bond acceptors (Lipinski definition) is 3. The predicted octanol–water partition coefficient (Wildman–Crippen LogP) is 0.453. The Hall–Kier alpha value is -1.08. The Morgan fingerprint density at radius 2 is 2.29 bits per heavy atom. The first-order valence-corrected chi connectivity index (χ1v) is 5.07. The van der Waals surface area contributed by atoms with E-state index in [1.807, 2.05) is 6.07 Å². The Morgan fingerprint density at radius 1 is 1.57 bits per heavy atom. The van der Waals surface area contributed by atoms with Gasteiger partial charge in [-0.25, -0.2) is 0 Å². The molecular weight excluding hydrogens is 178 g/mol. The number of carbonyl (C=O) groups excluding carboxylic acids is 1. The van der Waals surface area contributed by atoms with Crippen molar-refractivity contribution < 1.29 is 4.79 Å². The van der Waals surface area contributed by atoms with Crippen LogP contribution >= 0.6 is 0 Å². The minimum atomic E-state index is -0.0323. The lowest BCUT2D eigenvalue weighted by Crippen LogP contribution is -2.53. The standard InChI is InChI=1S/C10H17N3O/c1-3-12-6-7-13(8-9(12)2)10(14)4-5-11/h9H,3-4,6-8H2,1-2H3. The summed E-state index contributed by atoms with van der Waals surface area (Å²) in [6.45, 7) is 7.72. The fourth-order valence-electron chi connectivity index (χ4n) is 1.87. The van der Waals surface area contributed by atoms with E-state index in [2.05, 4.69) is 18.7 Å². The molecule has 1 amide bonds. The van der Waals surface area contributed by atoms with Crippen molar-refractivity contribution in [3.63, 3.8) is 0 Å². The van der Waals surface area contributed by atoms with Gasteiger partial charge in [0.25, 0.3) is 0 Å². The first-order chi connectivity index (χ1) is 6.69. The van der Waals surface area contributed by atoms with Crippen molar-refractivity contribution in [3.05, 3.63) is 0 Å². The van der Waals surface area contributed by atoms with Gasteiger partial charge in [0.2, 0.25) is 5.91 Å². The van der Waals surface area contributed by atoms with Gasteiger partial charge in [-0.15, -0.1) is 0 Å². The van der Waals surface area contributed by atoms with Crippen LogP contribution in [0.3, 0.4) is 0 Å². The predicted molar refractivity (Wildman–Crippen MR) is 53.5 cm³/mol. The van der Waals surface area contributed by atoms with Crippen molar-refractivity contribution in [2.75, 3.05) is 26.2 Å². The van der Waals surface area contributed by atoms with Crippen molar-refractivity contribution in [2.24, 2.45) is 0 Å². The highest BCUT2D eigenvalue weighted by atomic mass is 16.2. The Labute approximate surface area is 85.1 Å². The molecule has 0 N–H and O–H groups in total. The second-order valence-corrected chi connectivity index (χ2v) is 3.65. The number of nitrogens with zero attached hydrogens (tertiary/aromatic N) is 3. The molecule has 0 aliphatic carbocycles. The van der Waals surface area contributed by atoms with Gasteiger partial charge in [-0.3, -0.25) is 9.69 Å². The zero-order chi connectivity index (χ0) is 10.6. The molecule has 78 valence electrons. The minimum absolute atomic E-state index is 0.0127. The lowest BCUT2D eigenvalue weighted by Gasteiger charge is -2.39. The normalized spacial score (nSPS) is 23.2. The number of piperazine rings is 1. The van der Waals surface area contributed by atoms with E-state index in [1.54, 1.807) is 4.90 Å². The number of likely N-dealkylation sites (N-methyl/N-ethyl adjacent to an activating group) is 1. The second-order valence-electron chi connectivity index (χ2n) is 3.65. The van der Waals surface area contributed by atoms with E-state index < -0.39 is 0 Å². The van der Waals surface area contributed by atoms with E-state index in [-0.39, 0.29) is 12.3 Å². The lowest BCUT2D eigenvalue weighted by atomic mass is 10.2. The molecule has 1 aliphatic rings. The van der Waals surface area contributed by atoms with Crippen molar-refractivity contribution in [3.8, 4) is 6.07 Å². The van der Waals surface area contributed by atoms with Crippen molar-refractivity contribution in [1.29, 1.82) is 5.26 Å². The van der Waals surface area contributed by atoms with Crippen molar-refractivity contribution in [1.82, 2.24) is 9.80 Å². The largest absolute Gasteiger partial charge is 0.339 e. The number of nitriles is 1. The molecule has 14 heavy (non-hydrogen) atoms. The molecule has 0 aromatic rings. The summed E-state index contributed by atoms with van der Waals surface area (Å²) in [4.78, 5) is 15.6. The molecule has 4 nitrogen and oxygen atoms in total. The van der Waals surface area contributed by atoms with Gasteiger partial charge in [-0.05, 0) is 13.5 Å². The van der Waals surface area contributed by atoms with Crippen LogP contribution in [0.2, 0.25) is 0 Å². The smallest absolute Gasteiger partial charge is 0.236 e. The topological polar surface area (TPSA) is 47.3 Å². The van der Waals surface area contributed by atoms with Crippen LogP contribution in [0.25, 0.3) is 0 Å². The van der Waals surface area contributed by atoms with Gasteiger partial charge in [0.1, 0.15) is 6.42 Å². The van der Waals surface area contributed by atoms with Gasteiger partial charge in [0, 0.05) is 25.7 Å². The molecular formula is C10H17N3O. The lowest BCUT2D eigenvalue weighted by molar-refractivity contribution is -0.132. The summed E-state index contributed by atoms with van der Waals surface area (Å²) >= 11 is 0. The highest BCUT2D eigenvalue weighted by molar-refractivity contribution is 5.78. The second kappa shape index (κ2) is 4.97. The van der Waals surface area contributed by atoms with Gasteiger partial charge < -0.3 is 4.90 Å². The molecule has 1 fully saturated rings. The van der Waals surface area contributed by atoms with E-state index in [0.29, 0.717) is 6.04 Å². The summed E-state index contributed by atoms with van der Waals surface area (Å²) in [5.74, 6) is -0.0323. The molecule has 4 heteroatoms. The Kier molecular flexibility index (Phi) is 3.90. The average molecular weight is 195 g/mol. The van der Waals surface area contributed by atoms with E-state index in [0.717, 1.165) is 26.2 Å². The zero-order valence-electron chi connectivity index (χ0n) is 8.86. The molecule has 1 heterocycles. The molecule has 0 aromatic heterocycles. The molecule has 0 spiro atoms. The maximum Gasteiger partial charge on any atom is 0.236 e. The van der Waals surface area contributed by atoms with Crippen molar-refractivity contribution >= 4 is 5.91 Å². The highest BCUT2D eigenvalue weighted by Crippen LogP contribution is 2.09. The average Bonchev–Trinajstić information content (AvgIpc) is 2.18. The number of carbonyl (C=O) groups is 1. The quantitative estimate of drug-likeness (QED) is 0.643. The van der Waals surface area contributed by atoms with Crippen LogP contribution in [-0.2, 0) is 4.79 Å². The van der Waals surface area contributed by atoms with Gasteiger partial charge in [-0.2, -0.15) is 5.26 Å². The first-order valence-electron chi connectivity index (χ1n) is 5.07. The summed E-state index contributed by atoms with van der Waals surface area (Å²) in [5.41, 5.74) is 0. The number of hydrogen-bond donors (Lipinski definition) is 0. The molecule has 0 radical (unpaired) electrons. The molecule has 1 atom stereocenters. The number of rotatable bonds is 2. The molecule has 0 aromatic carbocycles. The minimum Gasteiger partial charge on any atom is -0.339 e. The van der Waals surface area contributed by atoms with Crippen LogP contribution in [0.5, 0.6) is 0 Å². The third-order valence-corrected chi connectivity index (χ3v) is 2.75. The number of amides is 1. The fourth-order valence-corrected chi connectivity index (χ4v) is 1.87. The monoisotopic (exact) mass is 195 g/mol. The summed E-state index contributed by atoms with van der Waals surface area (Å²) in [6, 6.07) is 2.31. The Balaban J connectivity index is 2.46. The van der Waals surface area contributed by atoms with E-state index in [9.17, 15) is 4.79 Å². The van der Waals surface area contributed by atoms with Crippen LogP contribution in [0.4, 0.5) is 0 Å². The summed E-state index contributed by atoms with van der Waals surface area (Å²) in [5, 5.41) is 8.42. The molecule has 1 rings (SSSR count). The van der Waals surface area contributed by atoms with Gasteiger partial charge in [0.15, 0.2) is 0 Å². The molecule has 0 bridgehead atoms. The van der Waals surface area contributed by atoms with E-state index in [4.69, 9.17) is 5.26 Å². The fraction of sp³-hybridized carbons (Fsp3) is 0.800.